The summed E-state index contributed by atoms with van der Waals surface area (Å²) in [6.45, 7) is 12.1. The van der Waals surface area contributed by atoms with Crippen molar-refractivity contribution in [1.82, 2.24) is 29.6 Å². The van der Waals surface area contributed by atoms with Crippen molar-refractivity contribution in [1.29, 1.82) is 0 Å². The zero-order valence-electron chi connectivity index (χ0n) is 30.5. The first-order valence-corrected chi connectivity index (χ1v) is 18.4. The van der Waals surface area contributed by atoms with Crippen molar-refractivity contribution >= 4 is 28.4 Å². The van der Waals surface area contributed by atoms with Crippen molar-refractivity contribution < 1.29 is 14.4 Å². The van der Waals surface area contributed by atoms with E-state index in [1.807, 2.05) is 56.3 Å². The average Bonchev–Trinajstić information content (AvgIpc) is 3.46. The van der Waals surface area contributed by atoms with Crippen LogP contribution in [0, 0.1) is 31.6 Å². The Morgan fingerprint density at radius 3 is 2.44 bits per heavy atom. The van der Waals surface area contributed by atoms with Gasteiger partial charge in [-0.25, -0.2) is 9.97 Å². The largest absolute Gasteiger partial charge is 0.327 e. The van der Waals surface area contributed by atoms with E-state index in [9.17, 15) is 14.4 Å². The van der Waals surface area contributed by atoms with Crippen molar-refractivity contribution in [3.8, 4) is 11.1 Å². The molecule has 1 aliphatic carbocycles. The topological polar surface area (TPSA) is 111 Å². The van der Waals surface area contributed by atoms with Gasteiger partial charge in [-0.1, -0.05) is 39.2 Å². The predicted molar refractivity (Wildman–Crippen MR) is 194 cm³/mol. The van der Waals surface area contributed by atoms with Crippen LogP contribution >= 0.6 is 0 Å². The van der Waals surface area contributed by atoms with Crippen molar-refractivity contribution in [3.05, 3.63) is 70.7 Å². The molecule has 9 heteroatoms. The molecule has 0 radical (unpaired) electrons. The van der Waals surface area contributed by atoms with E-state index in [1.165, 1.54) is 13.3 Å². The fourth-order valence-electron chi connectivity index (χ4n) is 8.80. The number of hydrogen-bond donors (Lipinski definition) is 0. The molecule has 1 saturated heterocycles. The summed E-state index contributed by atoms with van der Waals surface area (Å²) < 4.78 is 1.75. The Morgan fingerprint density at radius 1 is 0.920 bits per heavy atom. The van der Waals surface area contributed by atoms with E-state index in [2.05, 4.69) is 29.9 Å². The number of amides is 1. The molecule has 5 heterocycles. The molecule has 7 rings (SSSR count). The number of Topliss-reactive ketones (excluding diaryl/α,β-unsaturated/α-hetero) is 2. The van der Waals surface area contributed by atoms with Gasteiger partial charge in [-0.15, -0.1) is 0 Å². The number of ketones is 2. The number of piperidine rings is 1. The smallest absolute Gasteiger partial charge is 0.245 e. The van der Waals surface area contributed by atoms with Crippen LogP contribution in [0.3, 0.4) is 0 Å². The second kappa shape index (κ2) is 13.1. The summed E-state index contributed by atoms with van der Waals surface area (Å²) >= 11 is 0. The number of nitrogens with zero attached hydrogens (tertiary/aromatic N) is 6. The van der Waals surface area contributed by atoms with E-state index in [0.717, 1.165) is 95.9 Å². The van der Waals surface area contributed by atoms with E-state index in [0.29, 0.717) is 17.9 Å². The van der Waals surface area contributed by atoms with Crippen LogP contribution in [-0.4, -0.2) is 59.2 Å². The predicted octanol–water partition coefficient (Wildman–Crippen LogP) is 7.50. The molecule has 0 unspecified atom stereocenters. The van der Waals surface area contributed by atoms with Gasteiger partial charge in [0.15, 0.2) is 11.6 Å². The van der Waals surface area contributed by atoms with E-state index in [4.69, 9.17) is 10.1 Å². The van der Waals surface area contributed by atoms with Crippen molar-refractivity contribution in [2.45, 2.75) is 131 Å². The van der Waals surface area contributed by atoms with E-state index >= 15 is 0 Å². The first-order valence-electron chi connectivity index (χ1n) is 18.4. The van der Waals surface area contributed by atoms with Crippen LogP contribution in [-0.2, 0) is 29.0 Å². The van der Waals surface area contributed by atoms with Gasteiger partial charge < -0.3 is 4.90 Å². The number of rotatable bonds is 5. The molecule has 3 aliphatic rings. The highest BCUT2D eigenvalue weighted by molar-refractivity contribution is 6.07. The number of aromatic nitrogens is 5. The molecule has 2 aliphatic heterocycles. The molecule has 3 aromatic heterocycles. The molecule has 3 atom stereocenters. The van der Waals surface area contributed by atoms with Gasteiger partial charge in [0.05, 0.1) is 23.7 Å². The minimum Gasteiger partial charge on any atom is -0.327 e. The summed E-state index contributed by atoms with van der Waals surface area (Å²) in [6.07, 6.45) is 14.0. The molecule has 0 spiro atoms. The maximum atomic E-state index is 14.6. The number of carbonyl (C=O) groups is 3. The molecule has 2 bridgehead atoms. The molecule has 0 N–H and O–H groups in total. The van der Waals surface area contributed by atoms with Crippen molar-refractivity contribution in [2.75, 3.05) is 0 Å². The Labute approximate surface area is 295 Å². The number of carbonyl (C=O) groups excluding carboxylic acids is 3. The maximum Gasteiger partial charge on any atom is 0.245 e. The van der Waals surface area contributed by atoms with Gasteiger partial charge in [-0.05, 0) is 111 Å². The zero-order valence-corrected chi connectivity index (χ0v) is 30.5. The molecule has 1 amide bonds. The second-order valence-corrected chi connectivity index (χ2v) is 16.2. The van der Waals surface area contributed by atoms with Gasteiger partial charge in [0.25, 0.3) is 0 Å². The molecular formula is C41H50N6O3. The monoisotopic (exact) mass is 674 g/mol. The fourth-order valence-corrected chi connectivity index (χ4v) is 8.80. The van der Waals surface area contributed by atoms with Crippen LogP contribution in [0.5, 0.6) is 0 Å². The molecule has 2 fully saturated rings. The third-order valence-corrected chi connectivity index (χ3v) is 11.7. The molecule has 1 saturated carbocycles. The first kappa shape index (κ1) is 34.2. The van der Waals surface area contributed by atoms with E-state index in [-0.39, 0.29) is 47.3 Å². The summed E-state index contributed by atoms with van der Waals surface area (Å²) in [5.74, 6) is 0.501. The zero-order chi connectivity index (χ0) is 35.4. The maximum absolute atomic E-state index is 14.6. The van der Waals surface area contributed by atoms with Gasteiger partial charge in [0.1, 0.15) is 18.1 Å². The summed E-state index contributed by atoms with van der Waals surface area (Å²) in [5.41, 5.74) is 6.94. The average molecular weight is 675 g/mol. The molecule has 4 aromatic rings. The highest BCUT2D eigenvalue weighted by Gasteiger charge is 2.66. The first-order chi connectivity index (χ1) is 23.8. The van der Waals surface area contributed by atoms with Crippen molar-refractivity contribution in [2.24, 2.45) is 10.8 Å². The van der Waals surface area contributed by atoms with Crippen LogP contribution in [0.15, 0.2) is 36.7 Å². The lowest BCUT2D eigenvalue weighted by Gasteiger charge is -2.27. The number of hydrogen-bond acceptors (Lipinski definition) is 7. The molecular weight excluding hydrogens is 624 g/mol. The van der Waals surface area contributed by atoms with Crippen LogP contribution in [0.4, 0.5) is 0 Å². The molecule has 1 aromatic carbocycles. The Balaban J connectivity index is 1.29. The Bertz CT molecular complexity index is 1980. The third-order valence-electron chi connectivity index (χ3n) is 11.7. The second-order valence-electron chi connectivity index (χ2n) is 16.2. The van der Waals surface area contributed by atoms with Crippen LogP contribution in [0.2, 0.25) is 0 Å². The number of benzene rings is 1. The molecule has 50 heavy (non-hydrogen) atoms. The minimum absolute atomic E-state index is 0.0119. The lowest BCUT2D eigenvalue weighted by Crippen LogP contribution is -2.45. The number of aryl methyl sites for hydroxylation is 4. The summed E-state index contributed by atoms with van der Waals surface area (Å²) in [4.78, 5) is 57.3. The van der Waals surface area contributed by atoms with Gasteiger partial charge >= 0.3 is 0 Å². The minimum atomic E-state index is -0.489. The Kier molecular flexibility index (Phi) is 8.97. The number of pyridine rings is 1. The van der Waals surface area contributed by atoms with Gasteiger partial charge in [0, 0.05) is 42.0 Å². The SMILES string of the molecule is CC(=O)c1nn2c3c(cc(-c4cnc(C)nc4)cc13)CCCCCC(C)(C)CCC[C@@]13C[C@@H](C(=O)Cc4nc(C)ccc4C)N(C(=O)C2)[C@@H]1C3. The van der Waals surface area contributed by atoms with Gasteiger partial charge in [0.2, 0.25) is 5.91 Å². The lowest BCUT2D eigenvalue weighted by molar-refractivity contribution is -0.139. The molecule has 262 valence electrons. The highest BCUT2D eigenvalue weighted by Crippen LogP contribution is 2.63. The fraction of sp³-hybridized carbons (Fsp3) is 0.537. The van der Waals surface area contributed by atoms with Crippen molar-refractivity contribution in [3.63, 3.8) is 0 Å². The quantitative estimate of drug-likeness (QED) is 0.202. The van der Waals surface area contributed by atoms with E-state index in [1.54, 1.807) is 4.68 Å². The summed E-state index contributed by atoms with van der Waals surface area (Å²) in [6, 6.07) is 7.70. The third kappa shape index (κ3) is 6.63. The standard InChI is InChI=1S/C41H50N6O3/c1-25-12-13-26(2)44-33(25)19-35(49)34-20-41-16-10-15-40(5,6)14-9-7-8-11-29-17-30(31-22-42-28(4)43-23-31)18-32-38(27(3)48)45-46(39(29)32)24-37(50)47(34)36(41)21-41/h12-13,17-18,22-23,34,36H,7-11,14-16,19-21,24H2,1-6H3/t34-,36+,41-/m0/s1. The lowest BCUT2D eigenvalue weighted by atomic mass is 9.80. The van der Waals surface area contributed by atoms with Crippen LogP contribution in [0.1, 0.15) is 117 Å². The van der Waals surface area contributed by atoms with Gasteiger partial charge in [-0.3, -0.25) is 24.0 Å². The summed E-state index contributed by atoms with van der Waals surface area (Å²) in [5, 5.41) is 5.57. The highest BCUT2D eigenvalue weighted by atomic mass is 16.2. The Hall–Kier alpha value is -4.27. The van der Waals surface area contributed by atoms with Crippen LogP contribution < -0.4 is 0 Å². The van der Waals surface area contributed by atoms with Gasteiger partial charge in [-0.2, -0.15) is 5.10 Å². The van der Waals surface area contributed by atoms with E-state index < -0.39 is 6.04 Å². The normalized spacial score (nSPS) is 23.8. The summed E-state index contributed by atoms with van der Waals surface area (Å²) in [7, 11) is 0. The Morgan fingerprint density at radius 2 is 1.68 bits per heavy atom. The van der Waals surface area contributed by atoms with Crippen LogP contribution in [0.25, 0.3) is 22.0 Å². The molecule has 9 nitrogen and oxygen atoms in total.